The molecule has 1 unspecified atom stereocenters. The van der Waals surface area contributed by atoms with Gasteiger partial charge >= 0.3 is 5.97 Å². The quantitative estimate of drug-likeness (QED) is 0.398. The number of benzene rings is 2. The third-order valence-corrected chi connectivity index (χ3v) is 7.34. The molecule has 178 valence electrons. The zero-order chi connectivity index (χ0) is 24.1. The molecule has 4 N–H and O–H groups in total. The number of nitrogens with one attached hydrogen (secondary N) is 1. The average Bonchev–Trinajstić information content (AvgIpc) is 3.47. The molecule has 0 bridgehead atoms. The van der Waals surface area contributed by atoms with Crippen molar-refractivity contribution in [2.75, 3.05) is 11.1 Å². The fraction of sp³-hybridized carbons (Fsp3) is 0.308. The van der Waals surface area contributed by atoms with Gasteiger partial charge in [-0.1, -0.05) is 36.4 Å². The number of para-hydroxylation sites is 1. The lowest BCUT2D eigenvalue weighted by Crippen LogP contribution is -2.21. The fourth-order valence-corrected chi connectivity index (χ4v) is 5.56. The van der Waals surface area contributed by atoms with Gasteiger partial charge in [0.05, 0.1) is 17.7 Å². The van der Waals surface area contributed by atoms with E-state index < -0.39 is 5.97 Å². The highest BCUT2D eigenvalue weighted by Gasteiger charge is 2.34. The molecule has 1 aliphatic heterocycles. The van der Waals surface area contributed by atoms with Crippen molar-refractivity contribution >= 4 is 23.0 Å². The second kappa shape index (κ2) is 8.33. The molecule has 35 heavy (non-hydrogen) atoms. The van der Waals surface area contributed by atoms with Gasteiger partial charge in [0, 0.05) is 29.2 Å². The van der Waals surface area contributed by atoms with Crippen molar-refractivity contribution < 1.29 is 14.3 Å². The molecule has 3 heterocycles. The molecule has 2 aromatic carbocycles. The van der Waals surface area contributed by atoms with Crippen molar-refractivity contribution in [1.29, 1.82) is 0 Å². The van der Waals surface area contributed by atoms with Crippen LogP contribution in [0.2, 0.25) is 0 Å². The maximum atomic E-state index is 14.6. The Morgan fingerprint density at radius 1 is 1.09 bits per heavy atom. The molecule has 1 saturated carbocycles. The maximum Gasteiger partial charge on any atom is 0.306 e. The summed E-state index contributed by atoms with van der Waals surface area (Å²) in [5.74, 6) is -0.0730. The van der Waals surface area contributed by atoms with Crippen LogP contribution in [0, 0.1) is 11.7 Å². The van der Waals surface area contributed by atoms with Crippen LogP contribution >= 0.6 is 0 Å². The Kier molecular flexibility index (Phi) is 5.12. The van der Waals surface area contributed by atoms with Gasteiger partial charge in [0.1, 0.15) is 23.5 Å². The number of aromatic nitrogens is 4. The normalized spacial score (nSPS) is 21.6. The molecule has 8 nitrogen and oxygen atoms in total. The summed E-state index contributed by atoms with van der Waals surface area (Å²) in [7, 11) is 0. The fourth-order valence-electron chi connectivity index (χ4n) is 5.56. The molecule has 1 atom stereocenters. The van der Waals surface area contributed by atoms with E-state index in [9.17, 15) is 14.3 Å². The van der Waals surface area contributed by atoms with E-state index in [2.05, 4.69) is 15.4 Å². The molecular formula is C26H25FN6O2. The molecule has 1 aliphatic carbocycles. The highest BCUT2D eigenvalue weighted by atomic mass is 19.1. The first-order chi connectivity index (χ1) is 17.0. The highest BCUT2D eigenvalue weighted by molar-refractivity contribution is 5.83. The van der Waals surface area contributed by atoms with Crippen LogP contribution in [0.5, 0.6) is 0 Å². The largest absolute Gasteiger partial charge is 0.481 e. The van der Waals surface area contributed by atoms with Gasteiger partial charge in [-0.2, -0.15) is 5.10 Å². The van der Waals surface area contributed by atoms with Crippen LogP contribution in [0.1, 0.15) is 54.7 Å². The minimum absolute atomic E-state index is 0.0962. The van der Waals surface area contributed by atoms with Crippen molar-refractivity contribution in [2.24, 2.45) is 5.92 Å². The first-order valence-corrected chi connectivity index (χ1v) is 11.9. The predicted octanol–water partition coefficient (Wildman–Crippen LogP) is 4.58. The Bertz CT molecular complexity index is 1440. The summed E-state index contributed by atoms with van der Waals surface area (Å²) in [6.07, 6.45) is 4.79. The van der Waals surface area contributed by atoms with Gasteiger partial charge in [-0.05, 0) is 37.3 Å². The number of nitrogen functional groups attached to an aromatic ring is 1. The minimum atomic E-state index is -0.734. The Morgan fingerprint density at radius 2 is 1.86 bits per heavy atom. The van der Waals surface area contributed by atoms with Crippen LogP contribution in [-0.2, 0) is 11.2 Å². The summed E-state index contributed by atoms with van der Waals surface area (Å²) in [6, 6.07) is 12.5. The Morgan fingerprint density at radius 3 is 2.63 bits per heavy atom. The van der Waals surface area contributed by atoms with Crippen molar-refractivity contribution in [3.8, 4) is 11.1 Å². The smallest absolute Gasteiger partial charge is 0.306 e. The number of aliphatic carboxylic acids is 1. The third-order valence-electron chi connectivity index (χ3n) is 7.34. The molecule has 4 aromatic rings. The zero-order valence-corrected chi connectivity index (χ0v) is 19.0. The average molecular weight is 473 g/mol. The lowest BCUT2D eigenvalue weighted by atomic mass is 9.82. The first kappa shape index (κ1) is 21.5. The first-order valence-electron chi connectivity index (χ1n) is 11.9. The zero-order valence-electron chi connectivity index (χ0n) is 19.0. The van der Waals surface area contributed by atoms with Gasteiger partial charge in [0.25, 0.3) is 0 Å². The lowest BCUT2D eigenvalue weighted by Gasteiger charge is -2.24. The lowest BCUT2D eigenvalue weighted by molar-refractivity contribution is -0.142. The molecule has 0 spiro atoms. The minimum Gasteiger partial charge on any atom is -0.481 e. The molecule has 6 rings (SSSR count). The van der Waals surface area contributed by atoms with E-state index in [0.29, 0.717) is 36.2 Å². The van der Waals surface area contributed by atoms with Crippen LogP contribution in [0.15, 0.2) is 48.8 Å². The number of nitrogens with two attached hydrogens (primary N) is 1. The van der Waals surface area contributed by atoms with Gasteiger partial charge in [-0.15, -0.1) is 0 Å². The van der Waals surface area contributed by atoms with E-state index in [4.69, 9.17) is 10.7 Å². The molecule has 0 saturated heterocycles. The number of carboxylic acid groups (broad SMARTS) is 1. The van der Waals surface area contributed by atoms with Gasteiger partial charge in [0.2, 0.25) is 0 Å². The molecular weight excluding hydrogens is 447 g/mol. The summed E-state index contributed by atoms with van der Waals surface area (Å²) >= 11 is 0. The van der Waals surface area contributed by atoms with Crippen molar-refractivity contribution in [3.63, 3.8) is 0 Å². The standard InChI is InChI=1S/C26H25FN6O2/c27-19-7-2-1-5-17(19)18-6-3-4-16-12-20(31-21(16)18)22-23-24(28)29-13-30-33(23)25(32-22)14-8-10-15(11-9-14)26(34)35/h1-7,13-15,20,31H,8-12H2,(H,34,35)(H2,28,29,30)/t14-,15-,20?. The van der Waals surface area contributed by atoms with Gasteiger partial charge in [-0.3, -0.25) is 4.79 Å². The molecule has 2 aliphatic rings. The van der Waals surface area contributed by atoms with Crippen molar-refractivity contribution in [1.82, 2.24) is 19.6 Å². The van der Waals surface area contributed by atoms with E-state index in [0.717, 1.165) is 41.2 Å². The monoisotopic (exact) mass is 472 g/mol. The van der Waals surface area contributed by atoms with Crippen LogP contribution in [0.25, 0.3) is 16.6 Å². The van der Waals surface area contributed by atoms with Gasteiger partial charge < -0.3 is 16.2 Å². The van der Waals surface area contributed by atoms with Crippen LogP contribution < -0.4 is 11.1 Å². The molecule has 9 heteroatoms. The van der Waals surface area contributed by atoms with E-state index in [1.54, 1.807) is 16.6 Å². The number of carbonyl (C=O) groups is 1. The number of fused-ring (bicyclic) bond motifs is 2. The summed E-state index contributed by atoms with van der Waals surface area (Å²) in [5, 5.41) is 17.4. The summed E-state index contributed by atoms with van der Waals surface area (Å²) < 4.78 is 16.4. The SMILES string of the molecule is Nc1ncnn2c1c(C1Cc3cccc(-c4ccccc4F)c3N1)nc2[C@H]1CC[C@H](C(=O)O)CC1. The van der Waals surface area contributed by atoms with Crippen LogP contribution in [0.3, 0.4) is 0 Å². The maximum absolute atomic E-state index is 14.6. The molecule has 0 radical (unpaired) electrons. The van der Waals surface area contributed by atoms with E-state index in [1.165, 1.54) is 12.4 Å². The number of anilines is 2. The predicted molar refractivity (Wildman–Crippen MR) is 129 cm³/mol. The number of nitrogens with zero attached hydrogens (tertiary/aromatic N) is 4. The Labute approximate surface area is 201 Å². The number of hydrogen-bond donors (Lipinski definition) is 3. The van der Waals surface area contributed by atoms with Crippen molar-refractivity contribution in [3.05, 3.63) is 71.7 Å². The number of rotatable bonds is 4. The van der Waals surface area contributed by atoms with E-state index in [1.807, 2.05) is 24.3 Å². The second-order valence-electron chi connectivity index (χ2n) is 9.37. The van der Waals surface area contributed by atoms with E-state index in [-0.39, 0.29) is 23.7 Å². The number of carboxylic acids is 1. The second-order valence-corrected chi connectivity index (χ2v) is 9.37. The van der Waals surface area contributed by atoms with E-state index >= 15 is 0 Å². The number of hydrogen-bond acceptors (Lipinski definition) is 6. The van der Waals surface area contributed by atoms with Crippen molar-refractivity contribution in [2.45, 2.75) is 44.1 Å². The van der Waals surface area contributed by atoms with Gasteiger partial charge in [0.15, 0.2) is 5.82 Å². The highest BCUT2D eigenvalue weighted by Crippen LogP contribution is 2.44. The molecule has 2 aromatic heterocycles. The number of halogens is 1. The third kappa shape index (κ3) is 3.58. The topological polar surface area (TPSA) is 118 Å². The molecule has 1 fully saturated rings. The Balaban J connectivity index is 1.38. The van der Waals surface area contributed by atoms with Crippen LogP contribution in [-0.4, -0.2) is 30.7 Å². The van der Waals surface area contributed by atoms with Gasteiger partial charge in [-0.25, -0.2) is 18.9 Å². The summed E-state index contributed by atoms with van der Waals surface area (Å²) in [4.78, 5) is 20.6. The molecule has 0 amide bonds. The number of imidazole rings is 1. The summed E-state index contributed by atoms with van der Waals surface area (Å²) in [6.45, 7) is 0. The van der Waals surface area contributed by atoms with Crippen LogP contribution in [0.4, 0.5) is 15.9 Å². The summed E-state index contributed by atoms with van der Waals surface area (Å²) in [5.41, 5.74) is 11.1. The Hall–Kier alpha value is -4.01.